The van der Waals surface area contributed by atoms with E-state index in [1.807, 2.05) is 4.72 Å². The van der Waals surface area contributed by atoms with Crippen molar-refractivity contribution in [3.63, 3.8) is 0 Å². The Kier molecular flexibility index (Phi) is 8.69. The number of hydrogen-bond donors (Lipinski definition) is 1. The number of halogens is 3. The van der Waals surface area contributed by atoms with Crippen LogP contribution in [-0.2, 0) is 21.5 Å². The zero-order valence-electron chi connectivity index (χ0n) is 24.7. The smallest absolute Gasteiger partial charge is 0.267 e. The number of fused-ring (bicyclic) bond motifs is 1. The lowest BCUT2D eigenvalue weighted by atomic mass is 10.0. The molecule has 16 heteroatoms. The lowest BCUT2D eigenvalue weighted by Crippen LogP contribution is -2.22. The summed E-state index contributed by atoms with van der Waals surface area (Å²) in [5, 5.41) is 9.16. The van der Waals surface area contributed by atoms with Gasteiger partial charge in [-0.3, -0.25) is 9.12 Å². The number of nitriles is 1. The van der Waals surface area contributed by atoms with Crippen molar-refractivity contribution in [3.8, 4) is 34.7 Å². The van der Waals surface area contributed by atoms with E-state index in [0.29, 0.717) is 12.4 Å². The van der Waals surface area contributed by atoms with Crippen LogP contribution in [0, 0.1) is 28.8 Å². The molecule has 0 bridgehead atoms. The molecule has 0 aliphatic carbocycles. The van der Waals surface area contributed by atoms with E-state index in [0.717, 1.165) is 36.5 Å². The maximum absolute atomic E-state index is 15.9. The highest BCUT2D eigenvalue weighted by Gasteiger charge is 2.27. The number of anilines is 1. The maximum atomic E-state index is 15.9. The molecular weight excluding hydrogens is 628 g/mol. The number of imidazole rings is 2. The van der Waals surface area contributed by atoms with Gasteiger partial charge in [0.1, 0.15) is 24.1 Å². The van der Waals surface area contributed by atoms with E-state index in [1.54, 1.807) is 23.0 Å². The largest absolute Gasteiger partial charge is 0.480 e. The number of nitrogens with one attached hydrogen (secondary N) is 1. The van der Waals surface area contributed by atoms with E-state index in [2.05, 4.69) is 34.6 Å². The Morgan fingerprint density at radius 2 is 1.80 bits per heavy atom. The second kappa shape index (κ2) is 12.3. The molecule has 234 valence electrons. The standard InChI is InChI=1S/C29H28F3N7O4SSi/c1-42-29-23(13-18(14-33)15-36-29)44(40,41)37-21-6-5-20(30)24(26(21)32)19-7-9-39-22(25(19)31)16-35-28(39)27-34-8-10-38(27)17-43-11-12-45(2,3)4/h5-10,13,15-16,37H,11-12,17H2,1-4H3. The van der Waals surface area contributed by atoms with Crippen molar-refractivity contribution in [2.45, 2.75) is 37.3 Å². The molecule has 0 amide bonds. The number of rotatable bonds is 11. The van der Waals surface area contributed by atoms with Crippen LogP contribution in [0.1, 0.15) is 5.56 Å². The lowest BCUT2D eigenvalue weighted by Gasteiger charge is -2.16. The van der Waals surface area contributed by atoms with E-state index < -0.39 is 57.3 Å². The molecule has 5 aromatic rings. The molecule has 0 fully saturated rings. The van der Waals surface area contributed by atoms with Gasteiger partial charge in [-0.25, -0.2) is 36.5 Å². The average molecular weight is 656 g/mol. The van der Waals surface area contributed by atoms with Gasteiger partial charge in [-0.2, -0.15) is 5.26 Å². The second-order valence-electron chi connectivity index (χ2n) is 11.2. The Hall–Kier alpha value is -4.72. The molecule has 0 saturated heterocycles. The third kappa shape index (κ3) is 6.41. The molecule has 0 aliphatic heterocycles. The Labute approximate surface area is 258 Å². The molecule has 0 unspecified atom stereocenters. The number of methoxy groups -OCH3 is 1. The molecule has 1 aromatic carbocycles. The van der Waals surface area contributed by atoms with E-state index in [1.165, 1.54) is 23.9 Å². The fraction of sp³-hybridized carbons (Fsp3) is 0.241. The number of sulfonamides is 1. The topological polar surface area (TPSA) is 136 Å². The summed E-state index contributed by atoms with van der Waals surface area (Å²) in [5.41, 5.74) is -2.12. The molecule has 4 heterocycles. The van der Waals surface area contributed by atoms with E-state index in [4.69, 9.17) is 14.7 Å². The van der Waals surface area contributed by atoms with E-state index in [-0.39, 0.29) is 29.5 Å². The third-order valence-corrected chi connectivity index (χ3v) is 9.89. The molecule has 0 atom stereocenters. The first-order valence-corrected chi connectivity index (χ1v) is 18.7. The van der Waals surface area contributed by atoms with Crippen LogP contribution in [0.3, 0.4) is 0 Å². The summed E-state index contributed by atoms with van der Waals surface area (Å²) < 4.78 is 89.0. The van der Waals surface area contributed by atoms with Crippen molar-refractivity contribution < 1.29 is 31.1 Å². The van der Waals surface area contributed by atoms with Gasteiger partial charge >= 0.3 is 0 Å². The van der Waals surface area contributed by atoms with E-state index in [9.17, 15) is 8.42 Å². The van der Waals surface area contributed by atoms with Crippen LogP contribution in [0.2, 0.25) is 25.7 Å². The van der Waals surface area contributed by atoms with Crippen LogP contribution in [-0.4, -0.2) is 54.1 Å². The minimum Gasteiger partial charge on any atom is -0.480 e. The highest BCUT2D eigenvalue weighted by molar-refractivity contribution is 7.92. The molecule has 45 heavy (non-hydrogen) atoms. The molecule has 11 nitrogen and oxygen atoms in total. The van der Waals surface area contributed by atoms with Crippen molar-refractivity contribution >= 4 is 29.3 Å². The van der Waals surface area contributed by atoms with Gasteiger partial charge in [0.25, 0.3) is 10.0 Å². The molecule has 0 aliphatic rings. The van der Waals surface area contributed by atoms with Crippen LogP contribution in [0.5, 0.6) is 5.88 Å². The second-order valence-corrected chi connectivity index (χ2v) is 18.5. The molecule has 5 rings (SSSR count). The Morgan fingerprint density at radius 1 is 1.02 bits per heavy atom. The van der Waals surface area contributed by atoms with Gasteiger partial charge in [-0.15, -0.1) is 0 Å². The molecule has 0 saturated carbocycles. The average Bonchev–Trinajstić information content (AvgIpc) is 3.64. The molecule has 4 aromatic heterocycles. The molecule has 1 N–H and O–H groups in total. The number of nitrogens with zero attached hydrogens (tertiary/aromatic N) is 6. The summed E-state index contributed by atoms with van der Waals surface area (Å²) in [6.07, 6.45) is 6.97. The van der Waals surface area contributed by atoms with Crippen LogP contribution in [0.15, 0.2) is 60.1 Å². The van der Waals surface area contributed by atoms with Crippen LogP contribution < -0.4 is 9.46 Å². The maximum Gasteiger partial charge on any atom is 0.267 e. The first kappa shape index (κ1) is 31.7. The number of benzene rings is 1. The van der Waals surface area contributed by atoms with E-state index >= 15 is 13.2 Å². The van der Waals surface area contributed by atoms with Gasteiger partial charge in [0.05, 0.1) is 30.1 Å². The minimum absolute atomic E-state index is 0.0920. The van der Waals surface area contributed by atoms with Gasteiger partial charge in [-0.1, -0.05) is 19.6 Å². The first-order valence-electron chi connectivity index (χ1n) is 13.5. The Bertz CT molecular complexity index is 2050. The predicted octanol–water partition coefficient (Wildman–Crippen LogP) is 5.67. The summed E-state index contributed by atoms with van der Waals surface area (Å²) in [5.74, 6) is -3.17. The van der Waals surface area contributed by atoms with Crippen molar-refractivity contribution in [2.75, 3.05) is 18.4 Å². The Balaban J connectivity index is 1.49. The monoisotopic (exact) mass is 655 g/mol. The lowest BCUT2D eigenvalue weighted by molar-refractivity contribution is 0.0882. The number of aromatic nitrogens is 5. The van der Waals surface area contributed by atoms with Crippen LogP contribution in [0.25, 0.3) is 28.3 Å². The van der Waals surface area contributed by atoms with Gasteiger partial charge in [0.2, 0.25) is 5.88 Å². The summed E-state index contributed by atoms with van der Waals surface area (Å²) in [7, 11) is -4.70. The fourth-order valence-corrected chi connectivity index (χ4v) is 6.43. The highest BCUT2D eigenvalue weighted by atomic mass is 32.2. The number of ether oxygens (including phenoxy) is 2. The van der Waals surface area contributed by atoms with Crippen LogP contribution in [0.4, 0.5) is 18.9 Å². The molecule has 0 radical (unpaired) electrons. The van der Waals surface area contributed by atoms with Gasteiger partial charge in [0.15, 0.2) is 28.2 Å². The van der Waals surface area contributed by atoms with Crippen molar-refractivity contribution in [3.05, 3.63) is 78.3 Å². The van der Waals surface area contributed by atoms with Gasteiger partial charge in [-0.05, 0) is 30.3 Å². The summed E-state index contributed by atoms with van der Waals surface area (Å²) >= 11 is 0. The Morgan fingerprint density at radius 3 is 2.51 bits per heavy atom. The summed E-state index contributed by atoms with van der Waals surface area (Å²) in [6, 6.07) is 6.56. The van der Waals surface area contributed by atoms with Crippen molar-refractivity contribution in [2.24, 2.45) is 0 Å². The third-order valence-electron chi connectivity index (χ3n) is 6.83. The zero-order chi connectivity index (χ0) is 32.5. The highest BCUT2D eigenvalue weighted by Crippen LogP contribution is 2.36. The van der Waals surface area contributed by atoms with Crippen molar-refractivity contribution in [1.29, 1.82) is 5.26 Å². The van der Waals surface area contributed by atoms with Crippen molar-refractivity contribution in [1.82, 2.24) is 23.9 Å². The SMILES string of the molecule is COc1ncc(C#N)cc1S(=O)(=O)Nc1ccc(F)c(-c2ccn3c(-c4nccn4COCC[Si](C)(C)C)ncc3c2F)c1F. The molecule has 0 spiro atoms. The number of pyridine rings is 2. The van der Waals surface area contributed by atoms with Gasteiger partial charge in [0, 0.05) is 45.0 Å². The molecular formula is C29H28F3N7O4SSi. The summed E-state index contributed by atoms with van der Waals surface area (Å²) in [6.45, 7) is 7.53. The fourth-order valence-electron chi connectivity index (χ4n) is 4.47. The predicted molar refractivity (Wildman–Crippen MR) is 162 cm³/mol. The summed E-state index contributed by atoms with van der Waals surface area (Å²) in [4.78, 5) is 11.9. The quantitative estimate of drug-likeness (QED) is 0.142. The van der Waals surface area contributed by atoms with Gasteiger partial charge < -0.3 is 14.0 Å². The normalized spacial score (nSPS) is 12.0. The zero-order valence-corrected chi connectivity index (χ0v) is 26.5. The minimum atomic E-state index is -4.59. The van der Waals surface area contributed by atoms with Crippen LogP contribution >= 0.6 is 0 Å². The first-order chi connectivity index (χ1) is 21.3. The number of hydrogen-bond acceptors (Lipinski definition) is 8.